The first-order valence-electron chi connectivity index (χ1n) is 12.3. The topological polar surface area (TPSA) is 52.2 Å². The Balaban J connectivity index is 1.20. The number of thioether (sulfide) groups is 1. The Morgan fingerprint density at radius 2 is 1.92 bits per heavy atom. The van der Waals surface area contributed by atoms with E-state index in [9.17, 15) is 9.18 Å². The van der Waals surface area contributed by atoms with Gasteiger partial charge in [0.15, 0.2) is 5.16 Å². The van der Waals surface area contributed by atoms with Crippen LogP contribution in [0.2, 0.25) is 0 Å². The van der Waals surface area contributed by atoms with Crippen molar-refractivity contribution in [2.24, 2.45) is 0 Å². The van der Waals surface area contributed by atoms with Gasteiger partial charge in [0.1, 0.15) is 5.82 Å². The molecule has 5 aromatic rings. The molecular formula is C29H27FN4OS2. The molecule has 0 radical (unpaired) electrons. The minimum atomic E-state index is -0.251. The Labute approximate surface area is 223 Å². The zero-order valence-electron chi connectivity index (χ0n) is 20.4. The molecule has 5 nitrogen and oxygen atoms in total. The molecular weight excluding hydrogens is 503 g/mol. The zero-order chi connectivity index (χ0) is 25.4. The minimum absolute atomic E-state index is 0.118. The van der Waals surface area contributed by atoms with E-state index in [1.54, 1.807) is 35.2 Å². The predicted octanol–water partition coefficient (Wildman–Crippen LogP) is 6.31. The molecule has 188 valence electrons. The average Bonchev–Trinajstić information content (AvgIpc) is 3.60. The van der Waals surface area contributed by atoms with Crippen LogP contribution in [0.3, 0.4) is 0 Å². The molecule has 1 amide bonds. The molecule has 1 aliphatic rings. The summed E-state index contributed by atoms with van der Waals surface area (Å²) in [5, 5.41) is 2.30. The summed E-state index contributed by atoms with van der Waals surface area (Å²) in [5.74, 6) is -0.133. The number of carbonyl (C=O) groups excluding carboxylic acids is 1. The van der Waals surface area contributed by atoms with E-state index in [1.807, 2.05) is 48.3 Å². The van der Waals surface area contributed by atoms with Crippen molar-refractivity contribution in [3.05, 3.63) is 95.1 Å². The average molecular weight is 531 g/mol. The number of H-pyrrole nitrogens is 1. The molecule has 0 bridgehead atoms. The van der Waals surface area contributed by atoms with E-state index in [-0.39, 0.29) is 23.0 Å². The van der Waals surface area contributed by atoms with Crippen molar-refractivity contribution in [3.8, 4) is 0 Å². The largest absolute Gasteiger partial charge is 0.339 e. The lowest BCUT2D eigenvalue weighted by atomic mass is 10.1. The SMILES string of the molecule is CN(Cc1cc2ccccc2s1)C(=O)[C@@H]1C[C@@H](Sc2nc3ccccc3[nH]2)CN1Cc1ccc(F)cc1. The number of rotatable bonds is 7. The Bertz CT molecular complexity index is 1480. The molecule has 6 rings (SSSR count). The number of nitrogens with zero attached hydrogens (tertiary/aromatic N) is 3. The van der Waals surface area contributed by atoms with Gasteiger partial charge in [0.05, 0.1) is 23.6 Å². The van der Waals surface area contributed by atoms with E-state index in [2.05, 4.69) is 28.1 Å². The monoisotopic (exact) mass is 530 g/mol. The number of aromatic amines is 1. The van der Waals surface area contributed by atoms with Gasteiger partial charge in [-0.3, -0.25) is 9.69 Å². The number of nitrogens with one attached hydrogen (secondary N) is 1. The highest BCUT2D eigenvalue weighted by Crippen LogP contribution is 2.34. The van der Waals surface area contributed by atoms with Crippen molar-refractivity contribution in [1.82, 2.24) is 19.8 Å². The first-order valence-corrected chi connectivity index (χ1v) is 14.0. The number of hydrogen-bond donors (Lipinski definition) is 1. The number of halogens is 1. The van der Waals surface area contributed by atoms with Gasteiger partial charge in [0.2, 0.25) is 5.91 Å². The number of likely N-dealkylation sites (tertiary alicyclic amines) is 1. The molecule has 1 fully saturated rings. The van der Waals surface area contributed by atoms with Crippen molar-refractivity contribution >= 4 is 50.1 Å². The van der Waals surface area contributed by atoms with E-state index in [4.69, 9.17) is 4.98 Å². The number of para-hydroxylation sites is 2. The van der Waals surface area contributed by atoms with Crippen molar-refractivity contribution in [3.63, 3.8) is 0 Å². The van der Waals surface area contributed by atoms with Gasteiger partial charge in [-0.05, 0) is 53.8 Å². The smallest absolute Gasteiger partial charge is 0.240 e. The fraction of sp³-hybridized carbons (Fsp3) is 0.241. The molecule has 0 spiro atoms. The van der Waals surface area contributed by atoms with Gasteiger partial charge >= 0.3 is 0 Å². The Morgan fingerprint density at radius 3 is 2.73 bits per heavy atom. The highest BCUT2D eigenvalue weighted by atomic mass is 32.2. The molecule has 2 aromatic heterocycles. The molecule has 0 aliphatic carbocycles. The van der Waals surface area contributed by atoms with Crippen LogP contribution in [0.4, 0.5) is 4.39 Å². The number of likely N-dealkylation sites (N-methyl/N-ethyl adjacent to an activating group) is 1. The number of aromatic nitrogens is 2. The second-order valence-electron chi connectivity index (χ2n) is 9.55. The van der Waals surface area contributed by atoms with Gasteiger partial charge in [0.25, 0.3) is 0 Å². The number of benzene rings is 3. The highest BCUT2D eigenvalue weighted by molar-refractivity contribution is 7.99. The molecule has 0 saturated carbocycles. The van der Waals surface area contributed by atoms with Gasteiger partial charge in [-0.1, -0.05) is 54.2 Å². The van der Waals surface area contributed by atoms with Crippen LogP contribution in [0, 0.1) is 5.82 Å². The Kier molecular flexibility index (Phi) is 6.71. The van der Waals surface area contributed by atoms with Gasteiger partial charge in [-0.2, -0.15) is 0 Å². The van der Waals surface area contributed by atoms with E-state index in [0.29, 0.717) is 13.1 Å². The zero-order valence-corrected chi connectivity index (χ0v) is 22.1. The van der Waals surface area contributed by atoms with E-state index in [1.165, 1.54) is 27.1 Å². The fourth-order valence-electron chi connectivity index (χ4n) is 5.03. The summed E-state index contributed by atoms with van der Waals surface area (Å²) in [5.41, 5.74) is 2.96. The molecule has 37 heavy (non-hydrogen) atoms. The number of hydrogen-bond acceptors (Lipinski definition) is 5. The lowest BCUT2D eigenvalue weighted by molar-refractivity contribution is -0.135. The Hall–Kier alpha value is -3.20. The number of carbonyl (C=O) groups is 1. The third-order valence-corrected chi connectivity index (χ3v) is 9.03. The summed E-state index contributed by atoms with van der Waals surface area (Å²) in [4.78, 5) is 27.1. The molecule has 3 aromatic carbocycles. The first kappa shape index (κ1) is 24.2. The van der Waals surface area contributed by atoms with Crippen LogP contribution >= 0.6 is 23.1 Å². The van der Waals surface area contributed by atoms with E-state index in [0.717, 1.165) is 34.7 Å². The third kappa shape index (κ3) is 5.28. The van der Waals surface area contributed by atoms with Crippen LogP contribution in [-0.4, -0.2) is 50.6 Å². The molecule has 2 atom stereocenters. The van der Waals surface area contributed by atoms with Crippen LogP contribution < -0.4 is 0 Å². The second kappa shape index (κ2) is 10.3. The molecule has 8 heteroatoms. The van der Waals surface area contributed by atoms with Crippen molar-refractivity contribution in [2.75, 3.05) is 13.6 Å². The standard InChI is InChI=1S/C29H27FN4OS2/c1-33(17-22-14-20-6-2-5-9-27(20)36-22)28(35)26-15-23(18-34(26)16-19-10-12-21(30)13-11-19)37-29-31-24-7-3-4-8-25(24)32-29/h2-14,23,26H,15-18H2,1H3,(H,31,32)/t23-,26+/m1/s1. The van der Waals surface area contributed by atoms with Crippen molar-refractivity contribution < 1.29 is 9.18 Å². The first-order chi connectivity index (χ1) is 18.0. The highest BCUT2D eigenvalue weighted by Gasteiger charge is 2.39. The molecule has 1 N–H and O–H groups in total. The van der Waals surface area contributed by atoms with Crippen LogP contribution in [0.5, 0.6) is 0 Å². The fourth-order valence-corrected chi connectivity index (χ4v) is 7.32. The van der Waals surface area contributed by atoms with Crippen LogP contribution in [0.15, 0.2) is 84.0 Å². The number of imidazole rings is 1. The summed E-state index contributed by atoms with van der Waals surface area (Å²) in [7, 11) is 1.89. The quantitative estimate of drug-likeness (QED) is 0.268. The van der Waals surface area contributed by atoms with Crippen LogP contribution in [0.25, 0.3) is 21.1 Å². The minimum Gasteiger partial charge on any atom is -0.339 e. The Morgan fingerprint density at radius 1 is 1.14 bits per heavy atom. The molecule has 0 unspecified atom stereocenters. The van der Waals surface area contributed by atoms with Gasteiger partial charge in [-0.15, -0.1) is 11.3 Å². The normalized spacial score (nSPS) is 18.1. The van der Waals surface area contributed by atoms with Gasteiger partial charge < -0.3 is 9.88 Å². The van der Waals surface area contributed by atoms with Crippen LogP contribution in [0.1, 0.15) is 16.9 Å². The summed E-state index contributed by atoms with van der Waals surface area (Å²) in [6.45, 7) is 1.94. The molecule has 1 saturated heterocycles. The summed E-state index contributed by atoms with van der Waals surface area (Å²) >= 11 is 3.43. The molecule has 3 heterocycles. The second-order valence-corrected chi connectivity index (χ2v) is 12.0. The lowest BCUT2D eigenvalue weighted by Gasteiger charge is -2.27. The number of fused-ring (bicyclic) bond motifs is 2. The molecule has 1 aliphatic heterocycles. The summed E-state index contributed by atoms with van der Waals surface area (Å²) in [6.07, 6.45) is 0.735. The summed E-state index contributed by atoms with van der Waals surface area (Å²) < 4.78 is 14.7. The van der Waals surface area contributed by atoms with Gasteiger partial charge in [-0.25, -0.2) is 9.37 Å². The predicted molar refractivity (Wildman–Crippen MR) is 149 cm³/mol. The van der Waals surface area contributed by atoms with Crippen LogP contribution in [-0.2, 0) is 17.9 Å². The maximum absolute atomic E-state index is 13.8. The van der Waals surface area contributed by atoms with Crippen molar-refractivity contribution in [2.45, 2.75) is 36.0 Å². The van der Waals surface area contributed by atoms with E-state index >= 15 is 0 Å². The van der Waals surface area contributed by atoms with Crippen molar-refractivity contribution in [1.29, 1.82) is 0 Å². The van der Waals surface area contributed by atoms with E-state index < -0.39 is 0 Å². The third-order valence-electron chi connectivity index (χ3n) is 6.84. The lowest BCUT2D eigenvalue weighted by Crippen LogP contribution is -2.43. The van der Waals surface area contributed by atoms with Gasteiger partial charge in [0, 0.05) is 35.0 Å². The number of amides is 1. The summed E-state index contributed by atoms with van der Waals surface area (Å²) in [6, 6.07) is 24.8. The number of thiophene rings is 1. The maximum Gasteiger partial charge on any atom is 0.240 e. The maximum atomic E-state index is 13.8.